The van der Waals surface area contributed by atoms with Gasteiger partial charge in [0.15, 0.2) is 0 Å². The summed E-state index contributed by atoms with van der Waals surface area (Å²) >= 11 is 0. The van der Waals surface area contributed by atoms with Crippen LogP contribution in [-0.4, -0.2) is 19.8 Å². The van der Waals surface area contributed by atoms with Crippen molar-refractivity contribution in [2.24, 2.45) is 5.73 Å². The molecule has 0 fully saturated rings. The molecule has 0 unspecified atom stereocenters. The molecule has 0 bridgehead atoms. The average Bonchev–Trinajstić information content (AvgIpc) is 1.98. The van der Waals surface area contributed by atoms with Crippen LogP contribution in [0.2, 0.25) is 0 Å². The summed E-state index contributed by atoms with van der Waals surface area (Å²) in [6.07, 6.45) is 4.93. The second-order valence-corrected chi connectivity index (χ2v) is 2.00. The van der Waals surface area contributed by atoms with E-state index in [0.29, 0.717) is 6.54 Å². The van der Waals surface area contributed by atoms with Gasteiger partial charge in [-0.25, -0.2) is 0 Å². The maximum Gasteiger partial charge on any atom is 0.0194 e. The summed E-state index contributed by atoms with van der Waals surface area (Å²) in [5.74, 6) is 0. The Kier molecular flexibility index (Phi) is 5.77. The first-order chi connectivity index (χ1) is 4.85. The van der Waals surface area contributed by atoms with Crippen LogP contribution in [0.15, 0.2) is 11.8 Å². The molecule has 0 aromatic carbocycles. The first-order valence-electron chi connectivity index (χ1n) is 3.42. The van der Waals surface area contributed by atoms with Gasteiger partial charge in [0.05, 0.1) is 0 Å². The lowest BCUT2D eigenvalue weighted by atomic mass is 10.2. The normalized spacial score (nSPS) is 11.2. The minimum absolute atomic E-state index is 0.705. The van der Waals surface area contributed by atoms with Crippen LogP contribution in [0.5, 0.6) is 0 Å². The standard InChI is InChI=1S/C7H15N3/c1-10-7(4-6-9)3-2-5-8/h4,6,9-10H,2-3,5,8H2,1H3/b7-4-,9-6?. The van der Waals surface area contributed by atoms with E-state index in [2.05, 4.69) is 5.32 Å². The Morgan fingerprint density at radius 3 is 2.80 bits per heavy atom. The zero-order valence-electron chi connectivity index (χ0n) is 6.35. The van der Waals surface area contributed by atoms with Crippen molar-refractivity contribution in [2.75, 3.05) is 13.6 Å². The fourth-order valence-electron chi connectivity index (χ4n) is 0.685. The number of hydrogen-bond donors (Lipinski definition) is 3. The van der Waals surface area contributed by atoms with Gasteiger partial charge in [0.2, 0.25) is 0 Å². The zero-order chi connectivity index (χ0) is 7.82. The van der Waals surface area contributed by atoms with Gasteiger partial charge in [-0.1, -0.05) is 0 Å². The van der Waals surface area contributed by atoms with E-state index < -0.39 is 0 Å². The molecular formula is C7H15N3. The highest BCUT2D eigenvalue weighted by Crippen LogP contribution is 1.97. The molecular weight excluding hydrogens is 126 g/mol. The van der Waals surface area contributed by atoms with Crippen molar-refractivity contribution in [3.63, 3.8) is 0 Å². The van der Waals surface area contributed by atoms with Crippen LogP contribution in [0, 0.1) is 5.41 Å². The molecule has 0 aliphatic heterocycles. The van der Waals surface area contributed by atoms with Crippen molar-refractivity contribution in [3.8, 4) is 0 Å². The van der Waals surface area contributed by atoms with E-state index >= 15 is 0 Å². The lowest BCUT2D eigenvalue weighted by Crippen LogP contribution is -2.08. The molecule has 0 saturated heterocycles. The maximum absolute atomic E-state index is 6.80. The summed E-state index contributed by atoms with van der Waals surface area (Å²) in [6.45, 7) is 0.705. The SMILES string of the molecule is CN/C(=C\C=N)CCCN. The van der Waals surface area contributed by atoms with Crippen LogP contribution in [-0.2, 0) is 0 Å². The highest BCUT2D eigenvalue weighted by Gasteiger charge is 1.89. The highest BCUT2D eigenvalue weighted by atomic mass is 14.8. The van der Waals surface area contributed by atoms with E-state index in [1.807, 2.05) is 7.05 Å². The Bertz CT molecular complexity index is 118. The second kappa shape index (κ2) is 6.29. The summed E-state index contributed by atoms with van der Waals surface area (Å²) in [6, 6.07) is 0. The van der Waals surface area contributed by atoms with E-state index in [4.69, 9.17) is 11.1 Å². The van der Waals surface area contributed by atoms with Gasteiger partial charge < -0.3 is 16.5 Å². The molecule has 58 valence electrons. The lowest BCUT2D eigenvalue weighted by Gasteiger charge is -2.02. The smallest absolute Gasteiger partial charge is 0.0194 e. The number of hydrogen-bond acceptors (Lipinski definition) is 3. The number of nitrogens with two attached hydrogens (primary N) is 1. The van der Waals surface area contributed by atoms with Crippen LogP contribution in [0.3, 0.4) is 0 Å². The summed E-state index contributed by atoms with van der Waals surface area (Å²) in [4.78, 5) is 0. The number of nitrogens with one attached hydrogen (secondary N) is 2. The molecule has 3 nitrogen and oxygen atoms in total. The molecule has 0 radical (unpaired) electrons. The van der Waals surface area contributed by atoms with E-state index in [1.165, 1.54) is 6.21 Å². The van der Waals surface area contributed by atoms with Gasteiger partial charge >= 0.3 is 0 Å². The lowest BCUT2D eigenvalue weighted by molar-refractivity contribution is 0.772. The highest BCUT2D eigenvalue weighted by molar-refractivity contribution is 5.68. The second-order valence-electron chi connectivity index (χ2n) is 2.00. The molecule has 0 saturated carbocycles. The Morgan fingerprint density at radius 1 is 1.70 bits per heavy atom. The third-order valence-corrected chi connectivity index (χ3v) is 1.26. The third kappa shape index (κ3) is 4.09. The van der Waals surface area contributed by atoms with E-state index in [0.717, 1.165) is 18.5 Å². The molecule has 0 amide bonds. The predicted octanol–water partition coefficient (Wildman–Crippen LogP) is 0.478. The summed E-state index contributed by atoms with van der Waals surface area (Å²) in [7, 11) is 1.85. The van der Waals surface area contributed by atoms with E-state index in [9.17, 15) is 0 Å². The van der Waals surface area contributed by atoms with Crippen LogP contribution >= 0.6 is 0 Å². The first-order valence-corrected chi connectivity index (χ1v) is 3.42. The summed E-state index contributed by atoms with van der Waals surface area (Å²) in [5, 5.41) is 9.79. The topological polar surface area (TPSA) is 61.9 Å². The van der Waals surface area contributed by atoms with Crippen molar-refractivity contribution >= 4 is 6.21 Å². The van der Waals surface area contributed by atoms with Crippen LogP contribution in [0.25, 0.3) is 0 Å². The Morgan fingerprint density at radius 2 is 2.40 bits per heavy atom. The van der Waals surface area contributed by atoms with Crippen molar-refractivity contribution in [1.29, 1.82) is 5.41 Å². The van der Waals surface area contributed by atoms with Gasteiger partial charge in [0.25, 0.3) is 0 Å². The molecule has 0 aromatic heterocycles. The Hall–Kier alpha value is -0.830. The molecule has 4 N–H and O–H groups in total. The van der Waals surface area contributed by atoms with E-state index in [1.54, 1.807) is 6.08 Å². The molecule has 0 spiro atoms. The van der Waals surface area contributed by atoms with Gasteiger partial charge in [-0.05, 0) is 25.5 Å². The minimum atomic E-state index is 0.705. The van der Waals surface area contributed by atoms with Crippen molar-refractivity contribution < 1.29 is 0 Å². The fourth-order valence-corrected chi connectivity index (χ4v) is 0.685. The van der Waals surface area contributed by atoms with Crippen molar-refractivity contribution in [3.05, 3.63) is 11.8 Å². The fraction of sp³-hybridized carbons (Fsp3) is 0.571. The zero-order valence-corrected chi connectivity index (χ0v) is 6.35. The molecule has 10 heavy (non-hydrogen) atoms. The van der Waals surface area contributed by atoms with Crippen molar-refractivity contribution in [1.82, 2.24) is 5.32 Å². The Balaban J connectivity index is 3.59. The van der Waals surface area contributed by atoms with Gasteiger partial charge in [-0.15, -0.1) is 0 Å². The van der Waals surface area contributed by atoms with Crippen LogP contribution in [0.1, 0.15) is 12.8 Å². The average molecular weight is 141 g/mol. The maximum atomic E-state index is 6.80. The molecule has 0 aromatic rings. The molecule has 0 aliphatic carbocycles. The number of rotatable bonds is 5. The van der Waals surface area contributed by atoms with Crippen molar-refractivity contribution in [2.45, 2.75) is 12.8 Å². The monoisotopic (exact) mass is 141 g/mol. The molecule has 0 heterocycles. The molecule has 0 aliphatic rings. The van der Waals surface area contributed by atoms with Gasteiger partial charge in [-0.3, -0.25) is 0 Å². The number of allylic oxidation sites excluding steroid dienone is 2. The quantitative estimate of drug-likeness (QED) is 0.488. The largest absolute Gasteiger partial charge is 0.391 e. The Labute approximate surface area is 61.8 Å². The van der Waals surface area contributed by atoms with Crippen LogP contribution in [0.4, 0.5) is 0 Å². The summed E-state index contributed by atoms with van der Waals surface area (Å²) in [5.41, 5.74) is 6.39. The van der Waals surface area contributed by atoms with Gasteiger partial charge in [0.1, 0.15) is 0 Å². The first kappa shape index (κ1) is 9.17. The molecule has 0 rings (SSSR count). The van der Waals surface area contributed by atoms with Gasteiger partial charge in [0, 0.05) is 19.0 Å². The summed E-state index contributed by atoms with van der Waals surface area (Å²) < 4.78 is 0. The third-order valence-electron chi connectivity index (χ3n) is 1.26. The molecule has 0 atom stereocenters. The van der Waals surface area contributed by atoms with Crippen LogP contribution < -0.4 is 11.1 Å². The predicted molar refractivity (Wildman–Crippen MR) is 44.2 cm³/mol. The minimum Gasteiger partial charge on any atom is -0.391 e. The molecule has 3 heteroatoms. The van der Waals surface area contributed by atoms with Gasteiger partial charge in [-0.2, -0.15) is 0 Å². The van der Waals surface area contributed by atoms with E-state index in [-0.39, 0.29) is 0 Å².